The fraction of sp³-hybridized carbons (Fsp3) is 0.600. The maximum Gasteiger partial charge on any atom is 0.244 e. The number of hydrogen-bond donors (Lipinski definition) is 1. The van der Waals surface area contributed by atoms with E-state index in [1.807, 2.05) is 26.0 Å². The average Bonchev–Trinajstić information content (AvgIpc) is 2.45. The molecule has 0 unspecified atom stereocenters. The van der Waals surface area contributed by atoms with Crippen LogP contribution in [-0.4, -0.2) is 38.9 Å². The van der Waals surface area contributed by atoms with Crippen LogP contribution in [0, 0.1) is 12.8 Å². The third-order valence-electron chi connectivity index (χ3n) is 3.98. The first kappa shape index (κ1) is 16.9. The number of halogens is 1. The van der Waals surface area contributed by atoms with Crippen LogP contribution in [0.15, 0.2) is 27.6 Å². The molecule has 1 aromatic carbocycles. The van der Waals surface area contributed by atoms with Gasteiger partial charge in [-0.05, 0) is 72.4 Å². The Labute approximate surface area is 136 Å². The maximum absolute atomic E-state index is 12.8. The van der Waals surface area contributed by atoms with Crippen LogP contribution < -0.4 is 5.32 Å². The predicted octanol–water partition coefficient (Wildman–Crippen LogP) is 2.77. The summed E-state index contributed by atoms with van der Waals surface area (Å²) in [4.78, 5) is 0.365. The molecule has 1 N–H and O–H groups in total. The highest BCUT2D eigenvalue weighted by atomic mass is 79.9. The minimum Gasteiger partial charge on any atom is -0.317 e. The lowest BCUT2D eigenvalue weighted by Crippen LogP contribution is -2.39. The van der Waals surface area contributed by atoms with E-state index < -0.39 is 10.0 Å². The largest absolute Gasteiger partial charge is 0.317 e. The molecule has 0 amide bonds. The number of aryl methyl sites for hydroxylation is 1. The van der Waals surface area contributed by atoms with Gasteiger partial charge in [-0.25, -0.2) is 8.42 Å². The Hall–Kier alpha value is -0.430. The van der Waals surface area contributed by atoms with Crippen molar-refractivity contribution in [1.29, 1.82) is 0 Å². The maximum atomic E-state index is 12.8. The van der Waals surface area contributed by atoms with E-state index in [1.54, 1.807) is 10.4 Å². The third-order valence-corrected chi connectivity index (χ3v) is 6.90. The summed E-state index contributed by atoms with van der Waals surface area (Å²) in [6.45, 7) is 6.94. The third kappa shape index (κ3) is 4.06. The minimum atomic E-state index is -3.43. The lowest BCUT2D eigenvalue weighted by molar-refractivity contribution is 0.294. The Morgan fingerprint density at radius 2 is 2.00 bits per heavy atom. The molecule has 1 aromatic rings. The molecule has 0 spiro atoms. The summed E-state index contributed by atoms with van der Waals surface area (Å²) in [5.41, 5.74) is 1.04. The molecule has 0 aromatic heterocycles. The highest BCUT2D eigenvalue weighted by Crippen LogP contribution is 2.27. The van der Waals surface area contributed by atoms with Gasteiger partial charge in [0.25, 0.3) is 0 Å². The molecule has 0 aliphatic carbocycles. The van der Waals surface area contributed by atoms with Crippen molar-refractivity contribution in [2.45, 2.75) is 31.6 Å². The van der Waals surface area contributed by atoms with Crippen LogP contribution in [0.5, 0.6) is 0 Å². The Morgan fingerprint density at radius 1 is 1.33 bits per heavy atom. The van der Waals surface area contributed by atoms with Crippen molar-refractivity contribution >= 4 is 26.0 Å². The van der Waals surface area contributed by atoms with Crippen molar-refractivity contribution in [1.82, 2.24) is 9.62 Å². The summed E-state index contributed by atoms with van der Waals surface area (Å²) in [6.07, 6.45) is 2.09. The molecule has 0 saturated carbocycles. The normalized spacial score (nSPS) is 17.3. The molecular formula is C15H23BrN2O2S. The van der Waals surface area contributed by atoms with Gasteiger partial charge < -0.3 is 5.32 Å². The topological polar surface area (TPSA) is 49.4 Å². The molecule has 0 atom stereocenters. The Kier molecular flexibility index (Phi) is 5.82. The average molecular weight is 375 g/mol. The number of sulfonamides is 1. The van der Waals surface area contributed by atoms with E-state index in [0.29, 0.717) is 28.4 Å². The van der Waals surface area contributed by atoms with Crippen LogP contribution in [0.25, 0.3) is 0 Å². The molecule has 6 heteroatoms. The van der Waals surface area contributed by atoms with Crippen LogP contribution in [0.1, 0.15) is 25.3 Å². The van der Waals surface area contributed by atoms with Crippen LogP contribution in [0.4, 0.5) is 0 Å². The van der Waals surface area contributed by atoms with Gasteiger partial charge >= 0.3 is 0 Å². The van der Waals surface area contributed by atoms with E-state index in [4.69, 9.17) is 0 Å². The molecule has 4 nitrogen and oxygen atoms in total. The summed E-state index contributed by atoms with van der Waals surface area (Å²) in [6, 6.07) is 5.39. The number of benzene rings is 1. The summed E-state index contributed by atoms with van der Waals surface area (Å²) in [5, 5.41) is 3.32. The molecule has 1 fully saturated rings. The van der Waals surface area contributed by atoms with Crippen molar-refractivity contribution in [3.63, 3.8) is 0 Å². The second-order valence-corrected chi connectivity index (χ2v) is 8.34. The molecule has 2 rings (SSSR count). The molecule has 21 heavy (non-hydrogen) atoms. The van der Waals surface area contributed by atoms with Crippen molar-refractivity contribution in [2.24, 2.45) is 5.92 Å². The Balaban J connectivity index is 2.22. The van der Waals surface area contributed by atoms with Crippen molar-refractivity contribution < 1.29 is 8.42 Å². The number of hydrogen-bond acceptors (Lipinski definition) is 3. The monoisotopic (exact) mass is 374 g/mol. The van der Waals surface area contributed by atoms with Gasteiger partial charge in [0.1, 0.15) is 0 Å². The van der Waals surface area contributed by atoms with Gasteiger partial charge in [-0.15, -0.1) is 0 Å². The second kappa shape index (κ2) is 7.22. The van der Waals surface area contributed by atoms with Crippen LogP contribution in [0.3, 0.4) is 0 Å². The molecule has 1 heterocycles. The molecule has 0 radical (unpaired) electrons. The number of nitrogens with zero attached hydrogens (tertiary/aromatic N) is 1. The summed E-state index contributed by atoms with van der Waals surface area (Å²) >= 11 is 3.39. The van der Waals surface area contributed by atoms with Crippen molar-refractivity contribution in [3.8, 4) is 0 Å². The first-order valence-electron chi connectivity index (χ1n) is 7.42. The molecule has 1 aliphatic rings. The fourth-order valence-electron chi connectivity index (χ4n) is 2.70. The Morgan fingerprint density at radius 3 is 2.57 bits per heavy atom. The molecule has 1 saturated heterocycles. The van der Waals surface area contributed by atoms with E-state index in [-0.39, 0.29) is 0 Å². The lowest BCUT2D eigenvalue weighted by atomic mass is 9.98. The van der Waals surface area contributed by atoms with Crippen molar-refractivity contribution in [3.05, 3.63) is 28.2 Å². The number of nitrogens with one attached hydrogen (secondary N) is 1. The number of rotatable bonds is 5. The van der Waals surface area contributed by atoms with E-state index in [2.05, 4.69) is 21.2 Å². The zero-order valence-electron chi connectivity index (χ0n) is 12.6. The van der Waals surface area contributed by atoms with Crippen molar-refractivity contribution in [2.75, 3.05) is 26.2 Å². The molecule has 1 aliphatic heterocycles. The highest BCUT2D eigenvalue weighted by Gasteiger charge is 2.28. The SMILES string of the molecule is CCN(CC1CCNCC1)S(=O)(=O)c1ccc(C)cc1Br. The van der Waals surface area contributed by atoms with Crippen LogP contribution >= 0.6 is 15.9 Å². The molecular weight excluding hydrogens is 352 g/mol. The Bertz CT molecular complexity index is 583. The zero-order valence-corrected chi connectivity index (χ0v) is 15.0. The van der Waals surface area contributed by atoms with E-state index in [9.17, 15) is 8.42 Å². The van der Waals surface area contributed by atoms with Gasteiger partial charge in [-0.1, -0.05) is 13.0 Å². The summed E-state index contributed by atoms with van der Waals surface area (Å²) in [7, 11) is -3.43. The van der Waals surface area contributed by atoms with Crippen LogP contribution in [-0.2, 0) is 10.0 Å². The molecule has 0 bridgehead atoms. The van der Waals surface area contributed by atoms with Gasteiger partial charge in [0, 0.05) is 17.6 Å². The quantitative estimate of drug-likeness (QED) is 0.861. The zero-order chi connectivity index (χ0) is 15.5. The minimum absolute atomic E-state index is 0.365. The van der Waals surface area contributed by atoms with E-state index in [0.717, 1.165) is 31.5 Å². The summed E-state index contributed by atoms with van der Waals surface area (Å²) < 4.78 is 28.0. The fourth-order valence-corrected chi connectivity index (χ4v) is 5.38. The highest BCUT2D eigenvalue weighted by molar-refractivity contribution is 9.10. The summed E-state index contributed by atoms with van der Waals surface area (Å²) in [5.74, 6) is 0.449. The first-order chi connectivity index (χ1) is 9.95. The predicted molar refractivity (Wildman–Crippen MR) is 88.9 cm³/mol. The molecule has 118 valence electrons. The van der Waals surface area contributed by atoms with Gasteiger partial charge in [-0.3, -0.25) is 0 Å². The van der Waals surface area contributed by atoms with E-state index >= 15 is 0 Å². The number of piperidine rings is 1. The standard InChI is InChI=1S/C15H23BrN2O2S/c1-3-18(11-13-6-8-17-9-7-13)21(19,20)15-5-4-12(2)10-14(15)16/h4-5,10,13,17H,3,6-9,11H2,1-2H3. The van der Waals surface area contributed by atoms with Gasteiger partial charge in [-0.2, -0.15) is 4.31 Å². The smallest absolute Gasteiger partial charge is 0.244 e. The first-order valence-corrected chi connectivity index (χ1v) is 9.65. The van der Waals surface area contributed by atoms with Gasteiger partial charge in [0.15, 0.2) is 0 Å². The lowest BCUT2D eigenvalue weighted by Gasteiger charge is -2.29. The second-order valence-electron chi connectivity index (χ2n) is 5.58. The van der Waals surface area contributed by atoms with E-state index in [1.165, 1.54) is 0 Å². The van der Waals surface area contributed by atoms with Crippen LogP contribution in [0.2, 0.25) is 0 Å². The van der Waals surface area contributed by atoms with Gasteiger partial charge in [0.05, 0.1) is 4.90 Å². The van der Waals surface area contributed by atoms with Gasteiger partial charge in [0.2, 0.25) is 10.0 Å².